The summed E-state index contributed by atoms with van der Waals surface area (Å²) in [5.41, 5.74) is 1.05. The molecule has 1 rings (SSSR count). The minimum atomic E-state index is -0.167. The number of hydrogen-bond donors (Lipinski definition) is 0. The molecule has 0 bridgehead atoms. The second-order valence-corrected chi connectivity index (χ2v) is 7.12. The van der Waals surface area contributed by atoms with E-state index in [0.29, 0.717) is 6.42 Å². The Bertz CT molecular complexity index is 444. The minimum absolute atomic E-state index is 0.0329. The molecule has 2 nitrogen and oxygen atoms in total. The largest absolute Gasteiger partial charge is 0.496 e. The van der Waals surface area contributed by atoms with Crippen LogP contribution in [0, 0.1) is 5.92 Å². The van der Waals surface area contributed by atoms with Crippen LogP contribution in [0.2, 0.25) is 0 Å². The first-order valence-electron chi connectivity index (χ1n) is 5.56. The fraction of sp³-hybridized carbons (Fsp3) is 0.462. The van der Waals surface area contributed by atoms with Gasteiger partial charge in [-0.2, -0.15) is 0 Å². The van der Waals surface area contributed by atoms with Gasteiger partial charge in [0.1, 0.15) is 11.5 Å². The molecule has 1 aromatic carbocycles. The highest BCUT2D eigenvalue weighted by Gasteiger charge is 2.20. The summed E-state index contributed by atoms with van der Waals surface area (Å²) in [7, 11) is 1.63. The van der Waals surface area contributed by atoms with Crippen molar-refractivity contribution in [2.45, 2.75) is 25.1 Å². The zero-order valence-corrected chi connectivity index (χ0v) is 15.2. The Balaban J connectivity index is 2.94. The van der Waals surface area contributed by atoms with E-state index in [1.165, 1.54) is 0 Å². The normalized spacial score (nSPS) is 12.6. The van der Waals surface area contributed by atoms with Crippen LogP contribution in [-0.2, 0) is 11.2 Å². The van der Waals surface area contributed by atoms with Gasteiger partial charge in [0.2, 0.25) is 0 Å². The molecule has 0 spiro atoms. The maximum absolute atomic E-state index is 11.9. The van der Waals surface area contributed by atoms with Crippen molar-refractivity contribution in [2.24, 2.45) is 5.92 Å². The van der Waals surface area contributed by atoms with Crippen molar-refractivity contribution in [3.05, 3.63) is 26.6 Å². The van der Waals surface area contributed by atoms with Crippen molar-refractivity contribution in [3.63, 3.8) is 0 Å². The van der Waals surface area contributed by atoms with Gasteiger partial charge in [0.25, 0.3) is 0 Å². The van der Waals surface area contributed by atoms with Gasteiger partial charge in [-0.15, -0.1) is 0 Å². The number of rotatable bonds is 5. The molecule has 5 heteroatoms. The van der Waals surface area contributed by atoms with Crippen LogP contribution >= 0.6 is 47.8 Å². The highest BCUT2D eigenvalue weighted by molar-refractivity contribution is 9.11. The average Bonchev–Trinajstić information content (AvgIpc) is 2.31. The summed E-state index contributed by atoms with van der Waals surface area (Å²) in [6.07, 6.45) is 0.640. The van der Waals surface area contributed by atoms with Gasteiger partial charge in [-0.25, -0.2) is 0 Å². The fourth-order valence-electron chi connectivity index (χ4n) is 1.54. The number of carbonyl (C=O) groups excluding carboxylic acids is 1. The number of hydrogen-bond acceptors (Lipinski definition) is 2. The molecular weight excluding hydrogens is 428 g/mol. The van der Waals surface area contributed by atoms with Crippen LogP contribution in [0.25, 0.3) is 0 Å². The molecule has 0 saturated carbocycles. The summed E-state index contributed by atoms with van der Waals surface area (Å²) in [6.45, 7) is 3.82. The first kappa shape index (κ1) is 16.2. The van der Waals surface area contributed by atoms with Crippen LogP contribution in [0.3, 0.4) is 0 Å². The van der Waals surface area contributed by atoms with E-state index in [0.717, 1.165) is 20.3 Å². The van der Waals surface area contributed by atoms with E-state index in [4.69, 9.17) is 4.74 Å². The molecule has 0 saturated heterocycles. The molecule has 100 valence electrons. The third kappa shape index (κ3) is 4.07. The Morgan fingerprint density at radius 1 is 1.28 bits per heavy atom. The second-order valence-electron chi connectivity index (χ2n) is 4.31. The van der Waals surface area contributed by atoms with Crippen LogP contribution in [0.15, 0.2) is 21.1 Å². The van der Waals surface area contributed by atoms with Gasteiger partial charge in [-0.05, 0) is 40.0 Å². The van der Waals surface area contributed by atoms with Crippen LogP contribution in [0.5, 0.6) is 5.75 Å². The van der Waals surface area contributed by atoms with Crippen molar-refractivity contribution in [1.82, 2.24) is 0 Å². The van der Waals surface area contributed by atoms with E-state index in [1.54, 1.807) is 7.11 Å². The molecule has 1 unspecified atom stereocenters. The van der Waals surface area contributed by atoms with Gasteiger partial charge >= 0.3 is 0 Å². The number of benzene rings is 1. The van der Waals surface area contributed by atoms with Gasteiger partial charge in [0.15, 0.2) is 0 Å². The minimum Gasteiger partial charge on any atom is -0.496 e. The van der Waals surface area contributed by atoms with Crippen molar-refractivity contribution in [2.75, 3.05) is 7.11 Å². The number of ketones is 1. The third-order valence-electron chi connectivity index (χ3n) is 2.60. The lowest BCUT2D eigenvalue weighted by Gasteiger charge is -2.14. The first-order valence-corrected chi connectivity index (χ1v) is 8.06. The lowest BCUT2D eigenvalue weighted by Crippen LogP contribution is -2.22. The Morgan fingerprint density at radius 3 is 2.39 bits per heavy atom. The molecule has 0 heterocycles. The highest BCUT2D eigenvalue weighted by Crippen LogP contribution is 2.33. The standard InChI is InChI=1S/C13H15Br3O2/c1-7(2)13(17)11(16)4-8-5-12(18-3)10(15)6-9(8)14/h5-7,11H,4H2,1-3H3. The van der Waals surface area contributed by atoms with E-state index in [1.807, 2.05) is 26.0 Å². The second kappa shape index (κ2) is 7.06. The lowest BCUT2D eigenvalue weighted by molar-refractivity contribution is -0.121. The van der Waals surface area contributed by atoms with Crippen molar-refractivity contribution in [1.29, 1.82) is 0 Å². The smallest absolute Gasteiger partial charge is 0.149 e. The van der Waals surface area contributed by atoms with E-state index >= 15 is 0 Å². The van der Waals surface area contributed by atoms with Crippen LogP contribution in [0.4, 0.5) is 0 Å². The van der Waals surface area contributed by atoms with Crippen LogP contribution < -0.4 is 4.74 Å². The Morgan fingerprint density at radius 2 is 1.89 bits per heavy atom. The molecule has 0 N–H and O–H groups in total. The molecule has 0 radical (unpaired) electrons. The predicted octanol–water partition coefficient (Wildman–Crippen LogP) is 4.75. The van der Waals surface area contributed by atoms with Crippen LogP contribution in [0.1, 0.15) is 19.4 Å². The number of methoxy groups -OCH3 is 1. The molecule has 0 fully saturated rings. The summed E-state index contributed by atoms with van der Waals surface area (Å²) in [5.74, 6) is 1.01. The van der Waals surface area contributed by atoms with E-state index in [2.05, 4.69) is 47.8 Å². The SMILES string of the molecule is COc1cc(CC(Br)C(=O)C(C)C)c(Br)cc1Br. The molecule has 0 amide bonds. The molecule has 1 aromatic rings. The van der Waals surface area contributed by atoms with E-state index in [-0.39, 0.29) is 16.5 Å². The zero-order valence-electron chi connectivity index (χ0n) is 10.5. The number of Topliss-reactive ketones (excluding diaryl/α,β-unsaturated/α-hetero) is 1. The molecule has 0 aliphatic carbocycles. The number of ether oxygens (including phenoxy) is 1. The van der Waals surface area contributed by atoms with Crippen molar-refractivity contribution < 1.29 is 9.53 Å². The molecule has 18 heavy (non-hydrogen) atoms. The summed E-state index contributed by atoms with van der Waals surface area (Å²) < 4.78 is 7.12. The summed E-state index contributed by atoms with van der Waals surface area (Å²) >= 11 is 10.4. The predicted molar refractivity (Wildman–Crippen MR) is 84.7 cm³/mol. The number of alkyl halides is 1. The first-order chi connectivity index (χ1) is 8.36. The van der Waals surface area contributed by atoms with Gasteiger partial charge in [0.05, 0.1) is 16.4 Å². The summed E-state index contributed by atoms with van der Waals surface area (Å²) in [6, 6.07) is 3.88. The number of carbonyl (C=O) groups is 1. The lowest BCUT2D eigenvalue weighted by atomic mass is 10.0. The Kier molecular flexibility index (Phi) is 6.35. The van der Waals surface area contributed by atoms with Crippen molar-refractivity contribution >= 4 is 53.6 Å². The number of halogens is 3. The average molecular weight is 443 g/mol. The summed E-state index contributed by atoms with van der Waals surface area (Å²) in [4.78, 5) is 11.7. The van der Waals surface area contributed by atoms with Crippen LogP contribution in [-0.4, -0.2) is 17.7 Å². The van der Waals surface area contributed by atoms with Gasteiger partial charge in [0, 0.05) is 10.4 Å². The zero-order chi connectivity index (χ0) is 13.9. The molecule has 0 aliphatic heterocycles. The van der Waals surface area contributed by atoms with Gasteiger partial charge in [-0.1, -0.05) is 45.7 Å². The topological polar surface area (TPSA) is 26.3 Å². The Hall–Kier alpha value is 0.130. The molecular formula is C13H15Br3O2. The maximum Gasteiger partial charge on any atom is 0.149 e. The summed E-state index contributed by atoms with van der Waals surface area (Å²) in [5, 5.41) is 0. The highest BCUT2D eigenvalue weighted by atomic mass is 79.9. The Labute approximate surface area is 133 Å². The van der Waals surface area contributed by atoms with Gasteiger partial charge in [-0.3, -0.25) is 4.79 Å². The molecule has 0 aliphatic rings. The molecule has 0 aromatic heterocycles. The fourth-order valence-corrected chi connectivity index (χ4v) is 3.73. The quantitative estimate of drug-likeness (QED) is 0.615. The monoisotopic (exact) mass is 440 g/mol. The van der Waals surface area contributed by atoms with E-state index in [9.17, 15) is 4.79 Å². The molecule has 1 atom stereocenters. The van der Waals surface area contributed by atoms with Crippen molar-refractivity contribution in [3.8, 4) is 5.75 Å². The third-order valence-corrected chi connectivity index (χ3v) is 4.73. The maximum atomic E-state index is 11.9. The van der Waals surface area contributed by atoms with E-state index < -0.39 is 0 Å². The van der Waals surface area contributed by atoms with Gasteiger partial charge < -0.3 is 4.74 Å².